The lowest BCUT2D eigenvalue weighted by Gasteiger charge is -2.14. The van der Waals surface area contributed by atoms with E-state index < -0.39 is 0 Å². The third kappa shape index (κ3) is 5.20. The first-order valence-electron chi connectivity index (χ1n) is 5.89. The lowest BCUT2D eigenvalue weighted by Crippen LogP contribution is -2.35. The molecule has 0 saturated carbocycles. The molecule has 1 aromatic rings. The number of nitrogens with one attached hydrogen (secondary N) is 2. The number of carbonyl (C=O) groups excluding carboxylic acids is 1. The minimum Gasteiger partial charge on any atom is -0.348 e. The Morgan fingerprint density at radius 1 is 1.47 bits per heavy atom. The molecule has 0 aliphatic rings. The Morgan fingerprint density at radius 2 is 2.24 bits per heavy atom. The predicted octanol–water partition coefficient (Wildman–Crippen LogP) is 2.52. The summed E-state index contributed by atoms with van der Waals surface area (Å²) < 4.78 is 0. The molecular weight excluding hydrogens is 236 g/mol. The van der Waals surface area contributed by atoms with Gasteiger partial charge in [-0.2, -0.15) is 0 Å². The van der Waals surface area contributed by atoms with Gasteiger partial charge in [0.1, 0.15) is 0 Å². The summed E-state index contributed by atoms with van der Waals surface area (Å²) in [6.07, 6.45) is 1.02. The first-order chi connectivity index (χ1) is 8.13. The van der Waals surface area contributed by atoms with Crippen LogP contribution in [0.4, 0.5) is 0 Å². The van der Waals surface area contributed by atoms with E-state index in [1.807, 2.05) is 31.2 Å². The van der Waals surface area contributed by atoms with Crippen LogP contribution in [0.15, 0.2) is 24.3 Å². The second-order valence-electron chi connectivity index (χ2n) is 4.02. The molecule has 0 aromatic heterocycles. The van der Waals surface area contributed by atoms with E-state index in [1.165, 1.54) is 0 Å². The van der Waals surface area contributed by atoms with Gasteiger partial charge in [-0.15, -0.1) is 0 Å². The van der Waals surface area contributed by atoms with Gasteiger partial charge in [0.2, 0.25) is 5.91 Å². The SMILES string of the molecule is CCCNCC(=O)N[C@H](C)c1cccc(Cl)c1. The molecule has 2 N–H and O–H groups in total. The summed E-state index contributed by atoms with van der Waals surface area (Å²) in [6, 6.07) is 7.50. The summed E-state index contributed by atoms with van der Waals surface area (Å²) in [6.45, 7) is 5.24. The van der Waals surface area contributed by atoms with Gasteiger partial charge < -0.3 is 10.6 Å². The maximum atomic E-state index is 11.6. The van der Waals surface area contributed by atoms with Crippen molar-refractivity contribution < 1.29 is 4.79 Å². The molecule has 1 amide bonds. The molecule has 0 heterocycles. The zero-order valence-electron chi connectivity index (χ0n) is 10.3. The van der Waals surface area contributed by atoms with E-state index in [9.17, 15) is 4.79 Å². The number of rotatable bonds is 6. The van der Waals surface area contributed by atoms with Crippen molar-refractivity contribution >= 4 is 17.5 Å². The van der Waals surface area contributed by atoms with E-state index in [0.717, 1.165) is 18.5 Å². The van der Waals surface area contributed by atoms with Crippen LogP contribution in [-0.4, -0.2) is 19.0 Å². The zero-order valence-corrected chi connectivity index (χ0v) is 11.1. The van der Waals surface area contributed by atoms with Crippen molar-refractivity contribution in [1.82, 2.24) is 10.6 Å². The molecule has 4 heteroatoms. The van der Waals surface area contributed by atoms with Crippen molar-refractivity contribution in [2.24, 2.45) is 0 Å². The standard InChI is InChI=1S/C13H19ClN2O/c1-3-7-15-9-13(17)16-10(2)11-5-4-6-12(14)8-11/h4-6,8,10,15H,3,7,9H2,1-2H3,(H,16,17)/t10-/m1/s1. The molecule has 0 aliphatic carbocycles. The molecular formula is C13H19ClN2O. The highest BCUT2D eigenvalue weighted by Crippen LogP contribution is 2.16. The van der Waals surface area contributed by atoms with Crippen molar-refractivity contribution in [1.29, 1.82) is 0 Å². The summed E-state index contributed by atoms with van der Waals surface area (Å²) in [5.74, 6) is 0.00549. The maximum absolute atomic E-state index is 11.6. The summed E-state index contributed by atoms with van der Waals surface area (Å²) in [7, 11) is 0. The summed E-state index contributed by atoms with van der Waals surface area (Å²) >= 11 is 5.90. The first kappa shape index (κ1) is 14.0. The number of halogens is 1. The number of benzene rings is 1. The molecule has 1 aromatic carbocycles. The number of amides is 1. The molecule has 1 atom stereocenters. The van der Waals surface area contributed by atoms with Crippen LogP contribution in [0.1, 0.15) is 31.9 Å². The Hall–Kier alpha value is -1.06. The van der Waals surface area contributed by atoms with Gasteiger partial charge in [0.15, 0.2) is 0 Å². The van der Waals surface area contributed by atoms with Crippen LogP contribution >= 0.6 is 11.6 Å². The van der Waals surface area contributed by atoms with Crippen molar-refractivity contribution in [3.05, 3.63) is 34.9 Å². The van der Waals surface area contributed by atoms with Gasteiger partial charge in [-0.05, 0) is 37.6 Å². The molecule has 0 aliphatic heterocycles. The Balaban J connectivity index is 2.43. The second-order valence-corrected chi connectivity index (χ2v) is 4.46. The summed E-state index contributed by atoms with van der Waals surface area (Å²) in [5, 5.41) is 6.67. The van der Waals surface area contributed by atoms with E-state index in [4.69, 9.17) is 11.6 Å². The molecule has 0 fully saturated rings. The highest BCUT2D eigenvalue weighted by Gasteiger charge is 2.08. The molecule has 1 rings (SSSR count). The van der Waals surface area contributed by atoms with Gasteiger partial charge in [-0.1, -0.05) is 30.7 Å². The Morgan fingerprint density at radius 3 is 2.88 bits per heavy atom. The van der Waals surface area contributed by atoms with Crippen LogP contribution in [0.5, 0.6) is 0 Å². The first-order valence-corrected chi connectivity index (χ1v) is 6.26. The van der Waals surface area contributed by atoms with Crippen LogP contribution in [-0.2, 0) is 4.79 Å². The zero-order chi connectivity index (χ0) is 12.7. The maximum Gasteiger partial charge on any atom is 0.234 e. The molecule has 0 bridgehead atoms. The summed E-state index contributed by atoms with van der Waals surface area (Å²) in [4.78, 5) is 11.6. The van der Waals surface area contributed by atoms with Crippen LogP contribution in [0.2, 0.25) is 5.02 Å². The second kappa shape index (κ2) is 7.30. The van der Waals surface area contributed by atoms with Gasteiger partial charge in [0.25, 0.3) is 0 Å². The average molecular weight is 255 g/mol. The fraction of sp³-hybridized carbons (Fsp3) is 0.462. The van der Waals surface area contributed by atoms with E-state index in [-0.39, 0.29) is 11.9 Å². The normalized spacial score (nSPS) is 12.2. The molecule has 0 unspecified atom stereocenters. The number of carbonyl (C=O) groups is 1. The van der Waals surface area contributed by atoms with Gasteiger partial charge >= 0.3 is 0 Å². The molecule has 17 heavy (non-hydrogen) atoms. The van der Waals surface area contributed by atoms with E-state index >= 15 is 0 Å². The molecule has 3 nitrogen and oxygen atoms in total. The van der Waals surface area contributed by atoms with E-state index in [0.29, 0.717) is 11.6 Å². The van der Waals surface area contributed by atoms with Crippen LogP contribution in [0.3, 0.4) is 0 Å². The van der Waals surface area contributed by atoms with Gasteiger partial charge in [0, 0.05) is 5.02 Å². The molecule has 0 saturated heterocycles. The quantitative estimate of drug-likeness (QED) is 0.766. The fourth-order valence-electron chi connectivity index (χ4n) is 1.53. The Bertz CT molecular complexity index is 368. The van der Waals surface area contributed by atoms with Crippen molar-refractivity contribution in [2.45, 2.75) is 26.3 Å². The minimum absolute atomic E-state index is 0.00549. The fourth-order valence-corrected chi connectivity index (χ4v) is 1.73. The van der Waals surface area contributed by atoms with Gasteiger partial charge in [-0.25, -0.2) is 0 Å². The third-order valence-electron chi connectivity index (χ3n) is 2.44. The number of hydrogen-bond donors (Lipinski definition) is 2. The minimum atomic E-state index is -0.0235. The van der Waals surface area contributed by atoms with E-state index in [2.05, 4.69) is 17.6 Å². The smallest absolute Gasteiger partial charge is 0.234 e. The van der Waals surface area contributed by atoms with Crippen LogP contribution in [0, 0.1) is 0 Å². The van der Waals surface area contributed by atoms with Crippen molar-refractivity contribution in [2.75, 3.05) is 13.1 Å². The highest BCUT2D eigenvalue weighted by molar-refractivity contribution is 6.30. The number of hydrogen-bond acceptors (Lipinski definition) is 2. The largest absolute Gasteiger partial charge is 0.348 e. The highest BCUT2D eigenvalue weighted by atomic mass is 35.5. The lowest BCUT2D eigenvalue weighted by molar-refractivity contribution is -0.120. The molecule has 94 valence electrons. The predicted molar refractivity (Wildman–Crippen MR) is 71.2 cm³/mol. The topological polar surface area (TPSA) is 41.1 Å². The van der Waals surface area contributed by atoms with Crippen LogP contribution in [0.25, 0.3) is 0 Å². The molecule has 0 spiro atoms. The Kier molecular flexibility index (Phi) is 6.01. The van der Waals surface area contributed by atoms with Gasteiger partial charge in [-0.3, -0.25) is 4.79 Å². The average Bonchev–Trinajstić information content (AvgIpc) is 2.29. The monoisotopic (exact) mass is 254 g/mol. The molecule has 0 radical (unpaired) electrons. The van der Waals surface area contributed by atoms with Crippen LogP contribution < -0.4 is 10.6 Å². The van der Waals surface area contributed by atoms with E-state index in [1.54, 1.807) is 0 Å². The Labute approximate surface area is 108 Å². The van der Waals surface area contributed by atoms with Gasteiger partial charge in [0.05, 0.1) is 12.6 Å². The third-order valence-corrected chi connectivity index (χ3v) is 2.67. The van der Waals surface area contributed by atoms with Crippen molar-refractivity contribution in [3.63, 3.8) is 0 Å². The van der Waals surface area contributed by atoms with Crippen molar-refractivity contribution in [3.8, 4) is 0 Å². The lowest BCUT2D eigenvalue weighted by atomic mass is 10.1. The summed E-state index contributed by atoms with van der Waals surface area (Å²) in [5.41, 5.74) is 1.02.